The van der Waals surface area contributed by atoms with Crippen molar-refractivity contribution in [2.45, 2.75) is 32.8 Å². The lowest BCUT2D eigenvalue weighted by molar-refractivity contribution is -0.144. The van der Waals surface area contributed by atoms with Gasteiger partial charge in [-0.3, -0.25) is 4.79 Å². The highest BCUT2D eigenvalue weighted by molar-refractivity contribution is 5.66. The fraction of sp³-hybridized carbons (Fsp3) is 0.714. The third kappa shape index (κ3) is 5.34. The van der Waals surface area contributed by atoms with Gasteiger partial charge in [0.2, 0.25) is 0 Å². The van der Waals surface area contributed by atoms with E-state index in [1.807, 2.05) is 6.92 Å². The standard InChI is InChI=1S/C7H13O2/c1-4-5-6(2)9-7(3)8/h6H,2,4-5H2,1,3H3. The van der Waals surface area contributed by atoms with Crippen molar-refractivity contribution >= 4 is 5.97 Å². The van der Waals surface area contributed by atoms with Crippen LogP contribution in [0.25, 0.3) is 0 Å². The molecular formula is C7H13O2. The van der Waals surface area contributed by atoms with Gasteiger partial charge >= 0.3 is 5.97 Å². The molecular weight excluding hydrogens is 116 g/mol. The van der Waals surface area contributed by atoms with Gasteiger partial charge in [-0.05, 0) is 13.3 Å². The summed E-state index contributed by atoms with van der Waals surface area (Å²) < 4.78 is 4.74. The van der Waals surface area contributed by atoms with Gasteiger partial charge in [0.15, 0.2) is 0 Å². The van der Waals surface area contributed by atoms with Crippen molar-refractivity contribution in [3.63, 3.8) is 0 Å². The lowest BCUT2D eigenvalue weighted by Gasteiger charge is -2.08. The van der Waals surface area contributed by atoms with E-state index in [4.69, 9.17) is 4.74 Å². The zero-order chi connectivity index (χ0) is 7.28. The van der Waals surface area contributed by atoms with Crippen LogP contribution in [0.4, 0.5) is 0 Å². The molecule has 53 valence electrons. The Balaban J connectivity index is 3.26. The second-order valence-corrected chi connectivity index (χ2v) is 2.02. The highest BCUT2D eigenvalue weighted by atomic mass is 16.5. The van der Waals surface area contributed by atoms with Crippen molar-refractivity contribution in [1.29, 1.82) is 0 Å². The molecule has 0 amide bonds. The molecule has 0 N–H and O–H groups in total. The van der Waals surface area contributed by atoms with Crippen LogP contribution in [-0.4, -0.2) is 12.1 Å². The Hall–Kier alpha value is -0.530. The maximum atomic E-state index is 10.3. The molecule has 0 saturated carbocycles. The molecule has 0 heterocycles. The molecule has 0 aromatic heterocycles. The molecule has 0 rings (SSSR count). The van der Waals surface area contributed by atoms with Gasteiger partial charge in [0, 0.05) is 6.92 Å². The number of hydrogen-bond donors (Lipinski definition) is 0. The molecule has 1 radical (unpaired) electrons. The van der Waals surface area contributed by atoms with Crippen molar-refractivity contribution in [2.75, 3.05) is 0 Å². The first-order valence-electron chi connectivity index (χ1n) is 3.17. The predicted molar refractivity (Wildman–Crippen MR) is 35.8 cm³/mol. The van der Waals surface area contributed by atoms with E-state index in [1.165, 1.54) is 6.92 Å². The van der Waals surface area contributed by atoms with Crippen LogP contribution in [0.2, 0.25) is 0 Å². The van der Waals surface area contributed by atoms with Crippen LogP contribution in [0.15, 0.2) is 0 Å². The molecule has 0 aromatic rings. The maximum Gasteiger partial charge on any atom is 0.302 e. The number of esters is 1. The summed E-state index contributed by atoms with van der Waals surface area (Å²) in [6, 6.07) is 0. The Morgan fingerprint density at radius 2 is 2.33 bits per heavy atom. The number of carbonyl (C=O) groups excluding carboxylic acids is 1. The van der Waals surface area contributed by atoms with Crippen LogP contribution >= 0.6 is 0 Å². The largest absolute Gasteiger partial charge is 0.463 e. The maximum absolute atomic E-state index is 10.3. The first kappa shape index (κ1) is 8.47. The Bertz CT molecular complexity index is 88.9. The Morgan fingerprint density at radius 1 is 1.78 bits per heavy atom. The minimum Gasteiger partial charge on any atom is -0.463 e. The molecule has 9 heavy (non-hydrogen) atoms. The van der Waals surface area contributed by atoms with Crippen LogP contribution in [-0.2, 0) is 9.53 Å². The number of carbonyl (C=O) groups is 1. The lowest BCUT2D eigenvalue weighted by Crippen LogP contribution is -2.11. The first-order chi connectivity index (χ1) is 4.16. The number of rotatable bonds is 3. The monoisotopic (exact) mass is 129 g/mol. The quantitative estimate of drug-likeness (QED) is 0.540. The summed E-state index contributed by atoms with van der Waals surface area (Å²) in [5.74, 6) is -0.247. The molecule has 2 heteroatoms. The van der Waals surface area contributed by atoms with Gasteiger partial charge in [-0.25, -0.2) is 0 Å². The third-order valence-electron chi connectivity index (χ3n) is 0.943. The summed E-state index contributed by atoms with van der Waals surface area (Å²) >= 11 is 0. The molecule has 0 aromatic carbocycles. The summed E-state index contributed by atoms with van der Waals surface area (Å²) in [6.07, 6.45) is 1.69. The Morgan fingerprint density at radius 3 is 2.67 bits per heavy atom. The summed E-state index contributed by atoms with van der Waals surface area (Å²) in [5, 5.41) is 0. The van der Waals surface area contributed by atoms with Crippen LogP contribution < -0.4 is 0 Å². The van der Waals surface area contributed by atoms with Gasteiger partial charge in [0.05, 0.1) is 0 Å². The highest BCUT2D eigenvalue weighted by Crippen LogP contribution is 1.99. The van der Waals surface area contributed by atoms with E-state index in [0.29, 0.717) is 0 Å². The molecule has 2 nitrogen and oxygen atoms in total. The summed E-state index contributed by atoms with van der Waals surface area (Å²) in [7, 11) is 0. The molecule has 0 fully saturated rings. The van der Waals surface area contributed by atoms with E-state index in [0.717, 1.165) is 12.8 Å². The molecule has 1 atom stereocenters. The van der Waals surface area contributed by atoms with E-state index in [2.05, 4.69) is 6.92 Å². The van der Waals surface area contributed by atoms with E-state index in [-0.39, 0.29) is 12.1 Å². The average Bonchev–Trinajstić information content (AvgIpc) is 1.63. The van der Waals surface area contributed by atoms with Gasteiger partial charge in [0.25, 0.3) is 0 Å². The smallest absolute Gasteiger partial charge is 0.302 e. The zero-order valence-electron chi connectivity index (χ0n) is 6.02. The van der Waals surface area contributed by atoms with E-state index in [1.54, 1.807) is 0 Å². The molecule has 0 aliphatic rings. The van der Waals surface area contributed by atoms with Gasteiger partial charge in [0.1, 0.15) is 6.10 Å². The molecule has 0 aliphatic carbocycles. The van der Waals surface area contributed by atoms with Crippen molar-refractivity contribution in [2.24, 2.45) is 0 Å². The Kier molecular flexibility index (Phi) is 4.10. The minimum absolute atomic E-state index is 0.160. The third-order valence-corrected chi connectivity index (χ3v) is 0.943. The predicted octanol–water partition coefficient (Wildman–Crippen LogP) is 1.55. The fourth-order valence-corrected chi connectivity index (χ4v) is 0.616. The Labute approximate surface area is 56.2 Å². The molecule has 0 spiro atoms. The van der Waals surface area contributed by atoms with Crippen molar-refractivity contribution < 1.29 is 9.53 Å². The molecule has 1 unspecified atom stereocenters. The SMILES string of the molecule is [CH2]C(CCC)OC(C)=O. The van der Waals surface area contributed by atoms with Crippen molar-refractivity contribution in [3.05, 3.63) is 6.92 Å². The summed E-state index contributed by atoms with van der Waals surface area (Å²) in [6.45, 7) is 7.05. The summed E-state index contributed by atoms with van der Waals surface area (Å²) in [4.78, 5) is 10.3. The van der Waals surface area contributed by atoms with Gasteiger partial charge in [-0.15, -0.1) is 0 Å². The van der Waals surface area contributed by atoms with Crippen LogP contribution in [0.5, 0.6) is 0 Å². The summed E-state index contributed by atoms with van der Waals surface area (Å²) in [5.41, 5.74) is 0. The van der Waals surface area contributed by atoms with Gasteiger partial charge in [-0.2, -0.15) is 0 Å². The topological polar surface area (TPSA) is 26.3 Å². The zero-order valence-corrected chi connectivity index (χ0v) is 6.02. The minimum atomic E-state index is -0.247. The van der Waals surface area contributed by atoms with Crippen LogP contribution in [0.1, 0.15) is 26.7 Å². The highest BCUT2D eigenvalue weighted by Gasteiger charge is 2.01. The molecule has 0 saturated heterocycles. The lowest BCUT2D eigenvalue weighted by atomic mass is 10.2. The van der Waals surface area contributed by atoms with Gasteiger partial charge in [-0.1, -0.05) is 13.3 Å². The number of ether oxygens (including phenoxy) is 1. The molecule has 0 aliphatic heterocycles. The van der Waals surface area contributed by atoms with Gasteiger partial charge < -0.3 is 4.74 Å². The van der Waals surface area contributed by atoms with Crippen LogP contribution in [0.3, 0.4) is 0 Å². The van der Waals surface area contributed by atoms with Crippen molar-refractivity contribution in [3.8, 4) is 0 Å². The fourth-order valence-electron chi connectivity index (χ4n) is 0.616. The first-order valence-corrected chi connectivity index (χ1v) is 3.17. The van der Waals surface area contributed by atoms with E-state index < -0.39 is 0 Å². The van der Waals surface area contributed by atoms with Crippen molar-refractivity contribution in [1.82, 2.24) is 0 Å². The molecule has 0 bridgehead atoms. The second kappa shape index (κ2) is 4.36. The average molecular weight is 129 g/mol. The van der Waals surface area contributed by atoms with E-state index >= 15 is 0 Å². The normalized spacial score (nSPS) is 12.8. The number of hydrogen-bond acceptors (Lipinski definition) is 2. The second-order valence-electron chi connectivity index (χ2n) is 2.02. The van der Waals surface area contributed by atoms with Crippen LogP contribution in [0, 0.1) is 6.92 Å². The van der Waals surface area contributed by atoms with E-state index in [9.17, 15) is 4.79 Å².